The van der Waals surface area contributed by atoms with Crippen molar-refractivity contribution >= 4 is 44.9 Å². The third-order valence-corrected chi connectivity index (χ3v) is 7.06. The Hall–Kier alpha value is -3.36. The number of hydrogen-bond acceptors (Lipinski definition) is 5. The molecule has 7 nitrogen and oxygen atoms in total. The Morgan fingerprint density at radius 2 is 1.61 bits per heavy atom. The number of nitrogens with one attached hydrogen (secondary N) is 1. The van der Waals surface area contributed by atoms with Crippen LogP contribution in [0.2, 0.25) is 5.02 Å². The number of sulfonamides is 1. The predicted molar refractivity (Wildman–Crippen MR) is 128 cm³/mol. The Kier molecular flexibility index (Phi) is 7.40. The van der Waals surface area contributed by atoms with Crippen molar-refractivity contribution in [2.24, 2.45) is 0 Å². The van der Waals surface area contributed by atoms with Gasteiger partial charge in [0.1, 0.15) is 6.54 Å². The Morgan fingerprint density at radius 1 is 0.970 bits per heavy atom. The molecule has 9 heteroatoms. The zero-order chi connectivity index (χ0) is 24.2. The summed E-state index contributed by atoms with van der Waals surface area (Å²) in [7, 11) is -2.80. The number of methoxy groups -OCH3 is 1. The molecule has 0 bridgehead atoms. The molecule has 0 heterocycles. The summed E-state index contributed by atoms with van der Waals surface area (Å²) in [4.78, 5) is 24.9. The second kappa shape index (κ2) is 10.1. The molecule has 0 saturated carbocycles. The van der Waals surface area contributed by atoms with E-state index in [4.69, 9.17) is 16.3 Å². The molecule has 3 rings (SSSR count). The highest BCUT2D eigenvalue weighted by molar-refractivity contribution is 7.92. The minimum Gasteiger partial charge on any atom is -0.465 e. The highest BCUT2D eigenvalue weighted by Crippen LogP contribution is 2.26. The van der Waals surface area contributed by atoms with E-state index < -0.39 is 28.4 Å². The molecule has 3 aromatic carbocycles. The quantitative estimate of drug-likeness (QED) is 0.493. The third-order valence-electron chi connectivity index (χ3n) is 5.02. The van der Waals surface area contributed by atoms with Crippen LogP contribution < -0.4 is 9.62 Å². The van der Waals surface area contributed by atoms with Gasteiger partial charge in [0.05, 0.1) is 23.3 Å². The SMILES string of the molecule is COC(=O)c1cccc(NC(=O)CN(c2ccc(C)cc2)S(=O)(=O)c2ccc(Cl)cc2)c1C. The number of halogens is 1. The molecule has 0 fully saturated rings. The standard InChI is InChI=1S/C24H23ClN2O5S/c1-16-7-11-19(12-8-16)27(33(30,31)20-13-9-18(25)10-14-20)15-23(28)26-22-6-4-5-21(17(22)2)24(29)32-3/h4-14H,15H2,1-3H3,(H,26,28). The second-order valence-electron chi connectivity index (χ2n) is 7.32. The van der Waals surface area contributed by atoms with Gasteiger partial charge in [-0.2, -0.15) is 0 Å². The van der Waals surface area contributed by atoms with Crippen LogP contribution in [0.25, 0.3) is 0 Å². The Balaban J connectivity index is 1.94. The number of aryl methyl sites for hydroxylation is 1. The largest absolute Gasteiger partial charge is 0.465 e. The first-order chi connectivity index (χ1) is 15.6. The van der Waals surface area contributed by atoms with Crippen LogP contribution in [0.3, 0.4) is 0 Å². The van der Waals surface area contributed by atoms with Gasteiger partial charge in [0.2, 0.25) is 5.91 Å². The molecule has 0 unspecified atom stereocenters. The number of hydrogen-bond donors (Lipinski definition) is 1. The van der Waals surface area contributed by atoms with Gasteiger partial charge in [-0.15, -0.1) is 0 Å². The summed E-state index contributed by atoms with van der Waals surface area (Å²) in [5.74, 6) is -1.10. The first kappa shape index (κ1) is 24.3. The van der Waals surface area contributed by atoms with E-state index in [0.717, 1.165) is 9.87 Å². The summed E-state index contributed by atoms with van der Waals surface area (Å²) < 4.78 is 32.6. The number of esters is 1. The minimum absolute atomic E-state index is 0.00384. The molecule has 3 aromatic rings. The normalized spacial score (nSPS) is 11.0. The smallest absolute Gasteiger partial charge is 0.338 e. The maximum absolute atomic E-state index is 13.4. The first-order valence-electron chi connectivity index (χ1n) is 9.96. The number of anilines is 2. The van der Waals surface area contributed by atoms with Crippen LogP contribution in [0.1, 0.15) is 21.5 Å². The summed E-state index contributed by atoms with van der Waals surface area (Å²) >= 11 is 5.91. The number of carbonyl (C=O) groups is 2. The molecule has 1 N–H and O–H groups in total. The van der Waals surface area contributed by atoms with E-state index in [9.17, 15) is 18.0 Å². The third kappa shape index (κ3) is 5.53. The number of amides is 1. The van der Waals surface area contributed by atoms with Gasteiger partial charge < -0.3 is 10.1 Å². The van der Waals surface area contributed by atoms with Crippen LogP contribution in [0.4, 0.5) is 11.4 Å². The van der Waals surface area contributed by atoms with E-state index in [0.29, 0.717) is 27.5 Å². The Morgan fingerprint density at radius 3 is 2.21 bits per heavy atom. The molecule has 33 heavy (non-hydrogen) atoms. The lowest BCUT2D eigenvalue weighted by Gasteiger charge is -2.24. The summed E-state index contributed by atoms with van der Waals surface area (Å²) in [6.07, 6.45) is 0. The summed E-state index contributed by atoms with van der Waals surface area (Å²) in [6.45, 7) is 3.07. The van der Waals surface area contributed by atoms with Crippen molar-refractivity contribution in [2.75, 3.05) is 23.3 Å². The zero-order valence-corrected chi connectivity index (χ0v) is 19.9. The number of benzene rings is 3. The van der Waals surface area contributed by atoms with Crippen LogP contribution in [0.5, 0.6) is 0 Å². The molecular weight excluding hydrogens is 464 g/mol. The predicted octanol–water partition coefficient (Wildman–Crippen LogP) is 4.58. The average molecular weight is 487 g/mol. The van der Waals surface area contributed by atoms with Crippen LogP contribution in [0.15, 0.2) is 71.6 Å². The van der Waals surface area contributed by atoms with E-state index in [1.165, 1.54) is 31.4 Å². The van der Waals surface area contributed by atoms with Gasteiger partial charge in [-0.05, 0) is 67.9 Å². The number of rotatable bonds is 7. The summed E-state index contributed by atoms with van der Waals surface area (Å²) in [5, 5.41) is 3.10. The van der Waals surface area contributed by atoms with Gasteiger partial charge in [-0.1, -0.05) is 35.4 Å². The highest BCUT2D eigenvalue weighted by atomic mass is 35.5. The molecule has 0 spiro atoms. The summed E-state index contributed by atoms with van der Waals surface area (Å²) in [6, 6.07) is 17.4. The summed E-state index contributed by atoms with van der Waals surface area (Å²) in [5.41, 5.74) is 2.49. The molecule has 172 valence electrons. The van der Waals surface area contributed by atoms with E-state index in [1.54, 1.807) is 49.4 Å². The molecule has 0 aliphatic rings. The van der Waals surface area contributed by atoms with Gasteiger partial charge in [-0.3, -0.25) is 9.10 Å². The molecule has 0 atom stereocenters. The van der Waals surface area contributed by atoms with Crippen molar-refractivity contribution in [1.82, 2.24) is 0 Å². The molecule has 0 aromatic heterocycles. The molecule has 0 saturated heterocycles. The average Bonchev–Trinajstić information content (AvgIpc) is 2.79. The van der Waals surface area contributed by atoms with Crippen molar-refractivity contribution in [3.05, 3.63) is 88.4 Å². The zero-order valence-electron chi connectivity index (χ0n) is 18.3. The van der Waals surface area contributed by atoms with Gasteiger partial charge >= 0.3 is 5.97 Å². The number of nitrogens with zero attached hydrogens (tertiary/aromatic N) is 1. The molecule has 0 aliphatic carbocycles. The van der Waals surface area contributed by atoms with Gasteiger partial charge in [0, 0.05) is 10.7 Å². The van der Waals surface area contributed by atoms with E-state index >= 15 is 0 Å². The highest BCUT2D eigenvalue weighted by Gasteiger charge is 2.27. The van der Waals surface area contributed by atoms with Crippen LogP contribution in [-0.2, 0) is 19.6 Å². The van der Waals surface area contributed by atoms with Crippen LogP contribution >= 0.6 is 11.6 Å². The maximum atomic E-state index is 13.4. The van der Waals surface area contributed by atoms with Crippen molar-refractivity contribution < 1.29 is 22.7 Å². The molecule has 0 radical (unpaired) electrons. The van der Waals surface area contributed by atoms with Crippen molar-refractivity contribution in [3.8, 4) is 0 Å². The Labute approximate surface area is 198 Å². The monoisotopic (exact) mass is 486 g/mol. The number of ether oxygens (including phenoxy) is 1. The van der Waals surface area contributed by atoms with Crippen molar-refractivity contribution in [1.29, 1.82) is 0 Å². The van der Waals surface area contributed by atoms with Crippen LogP contribution in [0, 0.1) is 13.8 Å². The Bertz CT molecular complexity index is 1270. The van der Waals surface area contributed by atoms with Crippen molar-refractivity contribution in [2.45, 2.75) is 18.7 Å². The maximum Gasteiger partial charge on any atom is 0.338 e. The van der Waals surface area contributed by atoms with Gasteiger partial charge in [0.25, 0.3) is 10.0 Å². The fourth-order valence-corrected chi connectivity index (χ4v) is 4.73. The second-order valence-corrected chi connectivity index (χ2v) is 9.62. The lowest BCUT2D eigenvalue weighted by Crippen LogP contribution is -2.38. The molecular formula is C24H23ClN2O5S. The van der Waals surface area contributed by atoms with Crippen LogP contribution in [-0.4, -0.2) is 33.9 Å². The number of carbonyl (C=O) groups excluding carboxylic acids is 2. The van der Waals surface area contributed by atoms with Gasteiger partial charge in [0.15, 0.2) is 0 Å². The lowest BCUT2D eigenvalue weighted by molar-refractivity contribution is -0.114. The minimum atomic E-state index is -4.07. The van der Waals surface area contributed by atoms with Crippen molar-refractivity contribution in [3.63, 3.8) is 0 Å². The molecule has 0 aliphatic heterocycles. The van der Waals surface area contributed by atoms with E-state index in [2.05, 4.69) is 5.32 Å². The van der Waals surface area contributed by atoms with E-state index in [-0.39, 0.29) is 4.90 Å². The van der Waals surface area contributed by atoms with Gasteiger partial charge in [-0.25, -0.2) is 13.2 Å². The fourth-order valence-electron chi connectivity index (χ4n) is 3.18. The lowest BCUT2D eigenvalue weighted by atomic mass is 10.1. The first-order valence-corrected chi connectivity index (χ1v) is 11.8. The molecule has 1 amide bonds. The fraction of sp³-hybridized carbons (Fsp3) is 0.167. The van der Waals surface area contributed by atoms with E-state index in [1.807, 2.05) is 6.92 Å². The topological polar surface area (TPSA) is 92.8 Å².